The lowest BCUT2D eigenvalue weighted by atomic mass is 10.1. The summed E-state index contributed by atoms with van der Waals surface area (Å²) >= 11 is 0. The van der Waals surface area contributed by atoms with Gasteiger partial charge in [0.2, 0.25) is 0 Å². The van der Waals surface area contributed by atoms with Gasteiger partial charge in [0, 0.05) is 23.1 Å². The van der Waals surface area contributed by atoms with Crippen molar-refractivity contribution in [2.24, 2.45) is 0 Å². The molecule has 1 N–H and O–H groups in total. The van der Waals surface area contributed by atoms with Gasteiger partial charge in [-0.1, -0.05) is 51.9 Å². The highest BCUT2D eigenvalue weighted by Gasteiger charge is 2.02. The van der Waals surface area contributed by atoms with Gasteiger partial charge in [-0.25, -0.2) is 4.18 Å². The Bertz CT molecular complexity index is 229. The van der Waals surface area contributed by atoms with E-state index in [9.17, 15) is 8.42 Å². The van der Waals surface area contributed by atoms with Crippen LogP contribution in [0.4, 0.5) is 0 Å². The Balaban J connectivity index is 0. The molecule has 0 amide bonds. The zero-order valence-corrected chi connectivity index (χ0v) is 12.4. The number of hydrogen-bond donors (Lipinski definition) is 1. The van der Waals surface area contributed by atoms with E-state index in [0.29, 0.717) is 6.42 Å². The molecule has 0 rings (SSSR count). The van der Waals surface area contributed by atoms with E-state index in [4.69, 9.17) is 4.55 Å². The van der Waals surface area contributed by atoms with E-state index in [2.05, 4.69) is 11.1 Å². The molecule has 0 aliphatic carbocycles. The van der Waals surface area contributed by atoms with Crippen molar-refractivity contribution in [1.82, 2.24) is 0 Å². The smallest absolute Gasteiger partial charge is 0.264 e. The molecular formula is C10H22MgO4S. The fourth-order valence-electron chi connectivity index (χ4n) is 1.40. The highest BCUT2D eigenvalue weighted by molar-refractivity contribution is 7.80. The Morgan fingerprint density at radius 1 is 0.938 bits per heavy atom. The largest absolute Gasteiger partial charge is 0.397 e. The van der Waals surface area contributed by atoms with Gasteiger partial charge >= 0.3 is 10.4 Å². The van der Waals surface area contributed by atoms with Gasteiger partial charge in [0.1, 0.15) is 0 Å². The van der Waals surface area contributed by atoms with Gasteiger partial charge in [-0.3, -0.25) is 4.55 Å². The van der Waals surface area contributed by atoms with Crippen LogP contribution in [-0.4, -0.2) is 42.6 Å². The highest BCUT2D eigenvalue weighted by atomic mass is 32.3. The molecule has 0 aliphatic heterocycles. The first kappa shape index (κ1) is 19.0. The molecule has 4 nitrogen and oxygen atoms in total. The van der Waals surface area contributed by atoms with E-state index in [0.717, 1.165) is 12.8 Å². The first-order valence-corrected chi connectivity index (χ1v) is 7.04. The van der Waals surface area contributed by atoms with Crippen LogP contribution in [0, 0.1) is 0 Å². The van der Waals surface area contributed by atoms with Crippen LogP contribution in [0.5, 0.6) is 0 Å². The quantitative estimate of drug-likeness (QED) is 0.373. The fourth-order valence-corrected chi connectivity index (χ4v) is 1.73. The molecule has 0 fully saturated rings. The van der Waals surface area contributed by atoms with Gasteiger partial charge in [-0.05, 0) is 6.42 Å². The van der Waals surface area contributed by atoms with E-state index < -0.39 is 10.4 Å². The third-order valence-corrected chi connectivity index (χ3v) is 2.69. The summed E-state index contributed by atoms with van der Waals surface area (Å²) in [6.07, 6.45) is 9.05. The molecule has 0 saturated carbocycles. The molecule has 94 valence electrons. The van der Waals surface area contributed by atoms with Crippen LogP contribution in [0.25, 0.3) is 0 Å². The van der Waals surface area contributed by atoms with E-state index in [1.165, 1.54) is 32.1 Å². The van der Waals surface area contributed by atoms with Crippen molar-refractivity contribution in [3.05, 3.63) is 0 Å². The van der Waals surface area contributed by atoms with Crippen LogP contribution in [0.1, 0.15) is 58.3 Å². The van der Waals surface area contributed by atoms with Crippen molar-refractivity contribution >= 4 is 33.5 Å². The Morgan fingerprint density at radius 2 is 1.38 bits per heavy atom. The lowest BCUT2D eigenvalue weighted by molar-refractivity contribution is 0.261. The maximum absolute atomic E-state index is 10.2. The summed E-state index contributed by atoms with van der Waals surface area (Å²) in [5.41, 5.74) is 0. The van der Waals surface area contributed by atoms with Crippen LogP contribution in [0.2, 0.25) is 0 Å². The monoisotopic (exact) mass is 262 g/mol. The van der Waals surface area contributed by atoms with Crippen molar-refractivity contribution in [3.8, 4) is 0 Å². The molecule has 0 aromatic carbocycles. The molecule has 0 atom stereocenters. The number of rotatable bonds is 10. The molecule has 0 unspecified atom stereocenters. The maximum Gasteiger partial charge on any atom is 0.397 e. The second-order valence-electron chi connectivity index (χ2n) is 3.72. The van der Waals surface area contributed by atoms with Crippen LogP contribution in [-0.2, 0) is 14.6 Å². The number of hydrogen-bond acceptors (Lipinski definition) is 3. The molecule has 0 heterocycles. The van der Waals surface area contributed by atoms with Crippen LogP contribution in [0.3, 0.4) is 0 Å². The Kier molecular flexibility index (Phi) is 14.4. The van der Waals surface area contributed by atoms with Gasteiger partial charge in [0.05, 0.1) is 6.61 Å². The molecule has 0 aromatic rings. The van der Waals surface area contributed by atoms with Crippen LogP contribution in [0.15, 0.2) is 0 Å². The average Bonchev–Trinajstić information content (AvgIpc) is 2.14. The van der Waals surface area contributed by atoms with E-state index in [1.807, 2.05) is 0 Å². The van der Waals surface area contributed by atoms with Crippen molar-refractivity contribution in [3.63, 3.8) is 0 Å². The topological polar surface area (TPSA) is 63.6 Å². The predicted octanol–water partition coefficient (Wildman–Crippen LogP) is 2.57. The third-order valence-electron chi connectivity index (χ3n) is 2.23. The summed E-state index contributed by atoms with van der Waals surface area (Å²) in [6.45, 7) is 2.28. The maximum atomic E-state index is 10.2. The van der Waals surface area contributed by atoms with Crippen molar-refractivity contribution in [2.45, 2.75) is 58.3 Å². The molecule has 0 aliphatic rings. The minimum atomic E-state index is -4.23. The van der Waals surface area contributed by atoms with Crippen molar-refractivity contribution in [2.75, 3.05) is 6.61 Å². The normalized spacial score (nSPS) is 11.1. The van der Waals surface area contributed by atoms with Crippen LogP contribution >= 0.6 is 0 Å². The molecule has 0 saturated heterocycles. The first-order valence-electron chi connectivity index (χ1n) is 5.68. The molecule has 2 radical (unpaired) electrons. The first-order chi connectivity index (χ1) is 7.06. The second-order valence-corrected chi connectivity index (χ2v) is 4.82. The van der Waals surface area contributed by atoms with E-state index >= 15 is 0 Å². The molecular weight excluding hydrogens is 240 g/mol. The SMILES string of the molecule is CCCCCCCCCCOS(=O)(=O)O.[Mg]. The lowest BCUT2D eigenvalue weighted by Gasteiger charge is -2.01. The third kappa shape index (κ3) is 17.0. The second kappa shape index (κ2) is 12.1. The minimum Gasteiger partial charge on any atom is -0.264 e. The average molecular weight is 263 g/mol. The molecule has 0 bridgehead atoms. The summed E-state index contributed by atoms with van der Waals surface area (Å²) in [5, 5.41) is 0. The van der Waals surface area contributed by atoms with Crippen LogP contribution < -0.4 is 0 Å². The van der Waals surface area contributed by atoms with Gasteiger partial charge in [-0.2, -0.15) is 8.42 Å². The summed E-state index contributed by atoms with van der Waals surface area (Å²) in [5.74, 6) is 0. The summed E-state index contributed by atoms with van der Waals surface area (Å²) in [7, 11) is -4.23. The van der Waals surface area contributed by atoms with Crippen molar-refractivity contribution < 1.29 is 17.2 Å². The zero-order valence-electron chi connectivity index (χ0n) is 10.2. The molecule has 0 spiro atoms. The van der Waals surface area contributed by atoms with E-state index in [-0.39, 0.29) is 29.7 Å². The Morgan fingerprint density at radius 3 is 1.81 bits per heavy atom. The summed E-state index contributed by atoms with van der Waals surface area (Å²) in [6, 6.07) is 0. The molecule has 16 heavy (non-hydrogen) atoms. The number of unbranched alkanes of at least 4 members (excludes halogenated alkanes) is 7. The molecule has 6 heteroatoms. The summed E-state index contributed by atoms with van der Waals surface area (Å²) in [4.78, 5) is 0. The summed E-state index contributed by atoms with van der Waals surface area (Å²) < 4.78 is 32.8. The Hall–Kier alpha value is 0.636. The fraction of sp³-hybridized carbons (Fsp3) is 1.00. The van der Waals surface area contributed by atoms with Gasteiger partial charge < -0.3 is 0 Å². The minimum absolute atomic E-state index is 0. The van der Waals surface area contributed by atoms with E-state index in [1.54, 1.807) is 0 Å². The van der Waals surface area contributed by atoms with Gasteiger partial charge in [0.25, 0.3) is 0 Å². The van der Waals surface area contributed by atoms with Gasteiger partial charge in [-0.15, -0.1) is 0 Å². The van der Waals surface area contributed by atoms with Crippen molar-refractivity contribution in [1.29, 1.82) is 0 Å². The molecule has 0 aromatic heterocycles. The standard InChI is InChI=1S/C10H22O4S.Mg/c1-2-3-4-5-6-7-8-9-10-14-15(11,12)13;/h2-10H2,1H3,(H,11,12,13);. The predicted molar refractivity (Wildman–Crippen MR) is 65.9 cm³/mol. The Labute approximate surface area is 115 Å². The highest BCUT2D eigenvalue weighted by Crippen LogP contribution is 2.08. The zero-order chi connectivity index (χ0) is 11.6. The lowest BCUT2D eigenvalue weighted by Crippen LogP contribution is -2.04. The van der Waals surface area contributed by atoms with Gasteiger partial charge in [0.15, 0.2) is 0 Å².